The number of hydrogen-bond donors (Lipinski definition) is 0. The zero-order valence-corrected chi connectivity index (χ0v) is 11.0. The minimum absolute atomic E-state index is 0.104. The first-order valence-corrected chi connectivity index (χ1v) is 5.96. The van der Waals surface area contributed by atoms with Crippen LogP contribution in [0.1, 0.15) is 31.0 Å². The van der Waals surface area contributed by atoms with Crippen LogP contribution in [-0.4, -0.2) is 15.0 Å². The molecule has 0 aliphatic rings. The van der Waals surface area contributed by atoms with Gasteiger partial charge in [-0.1, -0.05) is 30.7 Å². The largest absolute Gasteiger partial charge is 0.436 e. The third-order valence-corrected chi connectivity index (χ3v) is 2.88. The van der Waals surface area contributed by atoms with Crippen molar-refractivity contribution in [3.8, 4) is 5.69 Å². The summed E-state index contributed by atoms with van der Waals surface area (Å²) in [6, 6.07) is 4.96. The fourth-order valence-corrected chi connectivity index (χ4v) is 1.89. The molecule has 0 bridgehead atoms. The van der Waals surface area contributed by atoms with E-state index in [1.54, 1.807) is 18.2 Å². The molecule has 7 heteroatoms. The summed E-state index contributed by atoms with van der Waals surface area (Å²) >= 11 is 5.90. The number of halogens is 4. The van der Waals surface area contributed by atoms with Gasteiger partial charge in [-0.3, -0.25) is 0 Å². The van der Waals surface area contributed by atoms with Crippen LogP contribution in [0.2, 0.25) is 5.02 Å². The second-order valence-corrected chi connectivity index (χ2v) is 4.84. The van der Waals surface area contributed by atoms with Crippen LogP contribution in [-0.2, 0) is 6.18 Å². The number of aromatic nitrogens is 3. The Kier molecular flexibility index (Phi) is 3.54. The number of rotatable bonds is 2. The molecule has 1 aromatic heterocycles. The number of alkyl halides is 3. The quantitative estimate of drug-likeness (QED) is 0.834. The second kappa shape index (κ2) is 4.85. The van der Waals surface area contributed by atoms with E-state index in [1.807, 2.05) is 13.8 Å². The maximum Gasteiger partial charge on any atom is 0.436 e. The normalized spacial score (nSPS) is 12.2. The van der Waals surface area contributed by atoms with Gasteiger partial charge in [-0.15, -0.1) is 5.10 Å². The highest BCUT2D eigenvalue weighted by molar-refractivity contribution is 6.30. The molecule has 102 valence electrons. The molecular formula is C12H11ClF3N3. The van der Waals surface area contributed by atoms with Gasteiger partial charge in [-0.05, 0) is 29.7 Å². The summed E-state index contributed by atoms with van der Waals surface area (Å²) < 4.78 is 38.6. The van der Waals surface area contributed by atoms with E-state index in [0.29, 0.717) is 10.7 Å². The van der Waals surface area contributed by atoms with Gasteiger partial charge in [0, 0.05) is 5.02 Å². The lowest BCUT2D eigenvalue weighted by molar-refractivity contribution is -0.141. The van der Waals surface area contributed by atoms with Crippen molar-refractivity contribution in [2.75, 3.05) is 0 Å². The molecule has 0 spiro atoms. The molecule has 19 heavy (non-hydrogen) atoms. The van der Waals surface area contributed by atoms with Crippen molar-refractivity contribution in [3.63, 3.8) is 0 Å². The van der Waals surface area contributed by atoms with Crippen LogP contribution in [0.4, 0.5) is 13.2 Å². The highest BCUT2D eigenvalue weighted by Crippen LogP contribution is 2.30. The smallest absolute Gasteiger partial charge is 0.220 e. The Balaban J connectivity index is 2.50. The van der Waals surface area contributed by atoms with Gasteiger partial charge in [0.1, 0.15) is 0 Å². The van der Waals surface area contributed by atoms with Crippen molar-refractivity contribution < 1.29 is 13.2 Å². The molecule has 2 aromatic rings. The summed E-state index contributed by atoms with van der Waals surface area (Å²) in [5.74, 6) is 0.104. The van der Waals surface area contributed by atoms with Crippen molar-refractivity contribution in [1.29, 1.82) is 0 Å². The summed E-state index contributed by atoms with van der Waals surface area (Å²) in [7, 11) is 0. The number of nitrogens with zero attached hydrogens (tertiary/aromatic N) is 3. The van der Waals surface area contributed by atoms with E-state index in [2.05, 4.69) is 10.3 Å². The molecule has 0 aliphatic heterocycles. The first-order chi connectivity index (χ1) is 8.79. The van der Waals surface area contributed by atoms with E-state index < -0.39 is 11.9 Å². The van der Waals surface area contributed by atoms with Crippen LogP contribution in [0, 0.1) is 0 Å². The molecular weight excluding hydrogens is 279 g/mol. The van der Waals surface area contributed by atoms with Crippen molar-refractivity contribution in [2.24, 2.45) is 0 Å². The molecule has 0 amide bonds. The fraction of sp³-hybridized carbons (Fsp3) is 0.333. The third kappa shape index (κ3) is 2.89. The van der Waals surface area contributed by atoms with Crippen molar-refractivity contribution in [1.82, 2.24) is 15.0 Å². The van der Waals surface area contributed by atoms with Gasteiger partial charge in [0.2, 0.25) is 0 Å². The summed E-state index contributed by atoms with van der Waals surface area (Å²) in [4.78, 5) is 0. The Morgan fingerprint density at radius 2 is 1.95 bits per heavy atom. The molecule has 2 rings (SSSR count). The maximum atomic E-state index is 12.5. The maximum absolute atomic E-state index is 12.5. The topological polar surface area (TPSA) is 30.7 Å². The molecule has 0 N–H and O–H groups in total. The Morgan fingerprint density at radius 1 is 1.26 bits per heavy atom. The van der Waals surface area contributed by atoms with Gasteiger partial charge in [0.15, 0.2) is 5.69 Å². The molecule has 0 aliphatic carbocycles. The van der Waals surface area contributed by atoms with Crippen molar-refractivity contribution in [2.45, 2.75) is 25.9 Å². The number of hydrogen-bond acceptors (Lipinski definition) is 2. The highest BCUT2D eigenvalue weighted by Gasteiger charge is 2.34. The average molecular weight is 290 g/mol. The lowest BCUT2D eigenvalue weighted by atomic mass is 10.0. The van der Waals surface area contributed by atoms with Crippen LogP contribution < -0.4 is 0 Å². The van der Waals surface area contributed by atoms with Crippen LogP contribution in [0.3, 0.4) is 0 Å². The molecule has 0 unspecified atom stereocenters. The van der Waals surface area contributed by atoms with Gasteiger partial charge in [0.05, 0.1) is 11.9 Å². The van der Waals surface area contributed by atoms with Gasteiger partial charge in [0.25, 0.3) is 0 Å². The van der Waals surface area contributed by atoms with Crippen LogP contribution in [0.25, 0.3) is 5.69 Å². The second-order valence-electron chi connectivity index (χ2n) is 4.40. The van der Waals surface area contributed by atoms with Crippen LogP contribution in [0.15, 0.2) is 24.4 Å². The standard InChI is InChI=1S/C12H11ClF3N3/c1-7(2)9-5-8(13)3-4-10(9)19-6-11(17-18-19)12(14,15)16/h3-7H,1-2H3. The van der Waals surface area contributed by atoms with Gasteiger partial charge < -0.3 is 0 Å². The summed E-state index contributed by atoms with van der Waals surface area (Å²) in [6.45, 7) is 3.85. The summed E-state index contributed by atoms with van der Waals surface area (Å²) in [5, 5.41) is 7.20. The molecule has 0 radical (unpaired) electrons. The fourth-order valence-electron chi connectivity index (χ4n) is 1.71. The van der Waals surface area contributed by atoms with Crippen LogP contribution in [0.5, 0.6) is 0 Å². The average Bonchev–Trinajstić information content (AvgIpc) is 2.77. The lowest BCUT2D eigenvalue weighted by Gasteiger charge is -2.12. The molecule has 0 saturated heterocycles. The van der Waals surface area contributed by atoms with Crippen molar-refractivity contribution in [3.05, 3.63) is 40.7 Å². The third-order valence-electron chi connectivity index (χ3n) is 2.64. The van der Waals surface area contributed by atoms with Gasteiger partial charge >= 0.3 is 6.18 Å². The molecule has 0 saturated carbocycles. The Labute approximate surface area is 113 Å². The molecule has 0 atom stereocenters. The minimum Gasteiger partial charge on any atom is -0.220 e. The first-order valence-electron chi connectivity index (χ1n) is 5.58. The zero-order chi connectivity index (χ0) is 14.2. The Morgan fingerprint density at radius 3 is 2.47 bits per heavy atom. The van der Waals surface area contributed by atoms with E-state index in [1.165, 1.54) is 0 Å². The Hall–Kier alpha value is -1.56. The first kappa shape index (κ1) is 13.9. The molecule has 1 heterocycles. The van der Waals surface area contributed by atoms with Crippen LogP contribution >= 0.6 is 11.6 Å². The van der Waals surface area contributed by atoms with Gasteiger partial charge in [-0.25, -0.2) is 4.68 Å². The van der Waals surface area contributed by atoms with E-state index >= 15 is 0 Å². The minimum atomic E-state index is -4.50. The van der Waals surface area contributed by atoms with E-state index in [4.69, 9.17) is 11.6 Å². The number of benzene rings is 1. The Bertz CT molecular complexity index is 590. The van der Waals surface area contributed by atoms with Gasteiger partial charge in [-0.2, -0.15) is 13.2 Å². The lowest BCUT2D eigenvalue weighted by Crippen LogP contribution is -2.05. The molecule has 0 fully saturated rings. The zero-order valence-electron chi connectivity index (χ0n) is 10.2. The van der Waals surface area contributed by atoms with E-state index in [9.17, 15) is 13.2 Å². The predicted octanol–water partition coefficient (Wildman–Crippen LogP) is 4.06. The van der Waals surface area contributed by atoms with Crippen molar-refractivity contribution >= 4 is 11.6 Å². The van der Waals surface area contributed by atoms with E-state index in [0.717, 1.165) is 16.4 Å². The monoisotopic (exact) mass is 289 g/mol. The summed E-state index contributed by atoms with van der Waals surface area (Å²) in [6.07, 6.45) is -3.63. The SMILES string of the molecule is CC(C)c1cc(Cl)ccc1-n1cc(C(F)(F)F)nn1. The van der Waals surface area contributed by atoms with E-state index in [-0.39, 0.29) is 5.92 Å². The molecule has 1 aromatic carbocycles. The highest BCUT2D eigenvalue weighted by atomic mass is 35.5. The predicted molar refractivity (Wildman–Crippen MR) is 65.5 cm³/mol. The summed E-state index contributed by atoms with van der Waals surface area (Å²) in [5.41, 5.74) is 0.339. The molecule has 3 nitrogen and oxygen atoms in total.